The Bertz CT molecular complexity index is 926. The summed E-state index contributed by atoms with van der Waals surface area (Å²) in [7, 11) is -2.57. The molecule has 0 aliphatic rings. The van der Waals surface area contributed by atoms with Gasteiger partial charge in [-0.25, -0.2) is 4.98 Å². The lowest BCUT2D eigenvalue weighted by Gasteiger charge is -2.13. The lowest BCUT2D eigenvalue weighted by Crippen LogP contribution is -2.21. The van der Waals surface area contributed by atoms with Crippen LogP contribution in [0.15, 0.2) is 41.2 Å². The van der Waals surface area contributed by atoms with Crippen molar-refractivity contribution in [3.05, 3.63) is 52.6 Å². The molecule has 1 heterocycles. The summed E-state index contributed by atoms with van der Waals surface area (Å²) in [4.78, 5) is 16.8. The number of hydrogen-bond donors (Lipinski definition) is 0. The van der Waals surface area contributed by atoms with Gasteiger partial charge in [-0.05, 0) is 33.6 Å². The zero-order chi connectivity index (χ0) is 24.0. The maximum atomic E-state index is 12.2. The van der Waals surface area contributed by atoms with Crippen molar-refractivity contribution in [3.8, 4) is 11.3 Å². The molecule has 0 spiro atoms. The largest absolute Gasteiger partial charge is 0.697 e. The minimum Gasteiger partial charge on any atom is -0.329 e. The van der Waals surface area contributed by atoms with E-state index in [0.717, 1.165) is 24.2 Å². The molecule has 0 aliphatic heterocycles. The van der Waals surface area contributed by atoms with Crippen LogP contribution in [0, 0.1) is 0 Å². The Morgan fingerprint density at radius 1 is 1.03 bits per heavy atom. The molecule has 0 N–H and O–H groups in total. The van der Waals surface area contributed by atoms with Crippen LogP contribution in [0.5, 0.6) is 0 Å². The summed E-state index contributed by atoms with van der Waals surface area (Å²) in [6, 6.07) is 11.3. The van der Waals surface area contributed by atoms with Crippen LogP contribution in [0.3, 0.4) is 0 Å². The van der Waals surface area contributed by atoms with Crippen molar-refractivity contribution in [2.75, 3.05) is 32.6 Å². The van der Waals surface area contributed by atoms with Crippen molar-refractivity contribution in [1.29, 1.82) is 0 Å². The lowest BCUT2D eigenvalue weighted by atomic mass is 10.1. The summed E-state index contributed by atoms with van der Waals surface area (Å²) in [5.41, 5.74) is 1.57. The first-order valence-corrected chi connectivity index (χ1v) is 14.2. The summed E-state index contributed by atoms with van der Waals surface area (Å²) >= 11 is 0. The highest BCUT2D eigenvalue weighted by atomic mass is 31.2. The van der Waals surface area contributed by atoms with Crippen molar-refractivity contribution in [3.63, 3.8) is 0 Å². The van der Waals surface area contributed by atoms with E-state index in [4.69, 9.17) is 4.52 Å². The predicted molar refractivity (Wildman–Crippen MR) is 129 cm³/mol. The topological polar surface area (TPSA) is 96.7 Å². The van der Waals surface area contributed by atoms with Crippen molar-refractivity contribution in [2.24, 2.45) is 7.05 Å². The summed E-state index contributed by atoms with van der Waals surface area (Å²) in [6.45, 7) is 8.43. The quantitative estimate of drug-likeness (QED) is 0.292. The maximum absolute atomic E-state index is 12.2. The molecule has 1 atom stereocenters. The molecule has 2 rings (SSSR count). The molecule has 0 fully saturated rings. The summed E-state index contributed by atoms with van der Waals surface area (Å²) in [5, 5.41) is 0. The molecule has 10 heteroatoms. The van der Waals surface area contributed by atoms with E-state index in [1.807, 2.05) is 37.3 Å². The third kappa shape index (κ3) is 10.8. The molecule has 1 aromatic heterocycles. The summed E-state index contributed by atoms with van der Waals surface area (Å²) in [5.74, 6) is 0.753. The van der Waals surface area contributed by atoms with E-state index in [2.05, 4.69) is 14.0 Å². The normalized spacial score (nSPS) is 12.5. The van der Waals surface area contributed by atoms with Crippen molar-refractivity contribution in [2.45, 2.75) is 40.0 Å². The van der Waals surface area contributed by atoms with Gasteiger partial charge in [0.15, 0.2) is 7.37 Å². The number of aryl methyl sites for hydroxylation is 1. The average molecular weight is 485 g/mol. The third-order valence-electron chi connectivity index (χ3n) is 4.38. The number of aromatic nitrogens is 2. The lowest BCUT2D eigenvalue weighted by molar-refractivity contribution is 0.243. The number of benzene rings is 1. The predicted octanol–water partition coefficient (Wildman–Crippen LogP) is 5.43. The second-order valence-corrected chi connectivity index (χ2v) is 10.7. The molecule has 0 bridgehead atoms. The zero-order valence-corrected chi connectivity index (χ0v) is 21.4. The molecule has 32 heavy (non-hydrogen) atoms. The van der Waals surface area contributed by atoms with Crippen molar-refractivity contribution < 1.29 is 22.7 Å². The number of unbranched alkanes of at least 4 members (excludes halogenated alkanes) is 1. The van der Waals surface area contributed by atoms with Gasteiger partial charge in [-0.1, -0.05) is 30.3 Å². The van der Waals surface area contributed by atoms with Crippen LogP contribution in [-0.2, 0) is 36.2 Å². The Morgan fingerprint density at radius 3 is 2.22 bits per heavy atom. The van der Waals surface area contributed by atoms with E-state index in [-0.39, 0.29) is 5.56 Å². The van der Waals surface area contributed by atoms with Crippen LogP contribution in [0.25, 0.3) is 11.3 Å². The van der Waals surface area contributed by atoms with E-state index in [9.17, 15) is 13.9 Å². The van der Waals surface area contributed by atoms with Crippen LogP contribution >= 0.6 is 15.6 Å². The highest BCUT2D eigenvalue weighted by molar-refractivity contribution is 7.58. The first-order valence-electron chi connectivity index (χ1n) is 10.8. The Kier molecular flexibility index (Phi) is 13.5. The van der Waals surface area contributed by atoms with Gasteiger partial charge in [0.25, 0.3) is 5.56 Å². The Hall–Kier alpha value is -1.69. The van der Waals surface area contributed by atoms with Gasteiger partial charge in [-0.3, -0.25) is 13.9 Å². The van der Waals surface area contributed by atoms with E-state index >= 15 is 0 Å². The summed E-state index contributed by atoms with van der Waals surface area (Å²) < 4.78 is 38.4. The van der Waals surface area contributed by atoms with Gasteiger partial charge < -0.3 is 4.52 Å². The number of nitrogens with zero attached hydrogens (tertiary/aromatic N) is 2. The molecule has 1 unspecified atom stereocenters. The van der Waals surface area contributed by atoms with Crippen LogP contribution in [0.2, 0.25) is 0 Å². The molecule has 178 valence electrons. The smallest absolute Gasteiger partial charge is 0.329 e. The van der Waals surface area contributed by atoms with Gasteiger partial charge >= 0.3 is 8.25 Å². The van der Waals surface area contributed by atoms with Crippen LogP contribution in [0.1, 0.15) is 39.4 Å². The van der Waals surface area contributed by atoms with Crippen LogP contribution in [-0.4, -0.2) is 42.2 Å². The molecule has 0 amide bonds. The fourth-order valence-corrected chi connectivity index (χ4v) is 4.81. The zero-order valence-electron chi connectivity index (χ0n) is 19.7. The van der Waals surface area contributed by atoms with Gasteiger partial charge in [-0.15, -0.1) is 9.05 Å². The van der Waals surface area contributed by atoms with Gasteiger partial charge in [0.2, 0.25) is 0 Å². The minimum atomic E-state index is -2.48. The first-order chi connectivity index (χ1) is 15.2. The highest BCUT2D eigenvalue weighted by Crippen LogP contribution is 2.43. The Balaban J connectivity index is 0.000000547. The monoisotopic (exact) mass is 485 g/mol. The molecule has 0 saturated carbocycles. The molecule has 0 saturated heterocycles. The minimum absolute atomic E-state index is 0.0608. The van der Waals surface area contributed by atoms with E-state index in [1.165, 1.54) is 0 Å². The number of rotatable bonds is 12. The first kappa shape index (κ1) is 28.3. The van der Waals surface area contributed by atoms with Crippen molar-refractivity contribution in [1.82, 2.24) is 9.55 Å². The van der Waals surface area contributed by atoms with Gasteiger partial charge in [-0.2, -0.15) is 0 Å². The maximum Gasteiger partial charge on any atom is 0.697 e. The second kappa shape index (κ2) is 15.2. The molecular formula is C22H35N2O6P2+. The standard InChI is InChI=1S/C18H25N2O3P.C4H10O3P/c1-4-23-24(3,22)13-9-8-12-17-19-16(14-18(21)20(17)2)15-10-6-5-7-11-15;1-3-6-8(5)7-4-2/h5-7,10-11,14H,4,8-9,12-13H2,1-3H3;3-4H2,1-2H3/q;+1. The van der Waals surface area contributed by atoms with E-state index in [1.54, 1.807) is 38.2 Å². The van der Waals surface area contributed by atoms with Crippen LogP contribution in [0.4, 0.5) is 0 Å². The molecule has 8 nitrogen and oxygen atoms in total. The van der Waals surface area contributed by atoms with E-state index < -0.39 is 15.6 Å². The molecule has 0 aliphatic carbocycles. The molecule has 2 aromatic rings. The Morgan fingerprint density at radius 2 is 1.66 bits per heavy atom. The highest BCUT2D eigenvalue weighted by Gasteiger charge is 2.16. The van der Waals surface area contributed by atoms with Crippen molar-refractivity contribution >= 4 is 15.6 Å². The Labute approximate surface area is 191 Å². The third-order valence-corrected chi connectivity index (χ3v) is 7.25. The van der Waals surface area contributed by atoms with Gasteiger partial charge in [0, 0.05) is 42.5 Å². The molecule has 1 aromatic carbocycles. The SMILES string of the molecule is CCOP(C)(=O)CCCCc1nc(-c2ccccc2)cc(=O)n1C.CCO[P+](=O)OCC. The molecule has 0 radical (unpaired) electrons. The van der Waals surface area contributed by atoms with Gasteiger partial charge in [0.1, 0.15) is 19.0 Å². The summed E-state index contributed by atoms with van der Waals surface area (Å²) in [6.07, 6.45) is 2.86. The molecular weight excluding hydrogens is 450 g/mol. The van der Waals surface area contributed by atoms with Gasteiger partial charge in [0.05, 0.1) is 12.3 Å². The second-order valence-electron chi connectivity index (χ2n) is 6.99. The van der Waals surface area contributed by atoms with E-state index in [0.29, 0.717) is 38.1 Å². The fourth-order valence-electron chi connectivity index (χ4n) is 2.84. The average Bonchev–Trinajstić information content (AvgIpc) is 2.75. The number of hydrogen-bond acceptors (Lipinski definition) is 7. The van der Waals surface area contributed by atoms with Crippen LogP contribution < -0.4 is 5.56 Å². The fraction of sp³-hybridized carbons (Fsp3) is 0.545.